The van der Waals surface area contributed by atoms with E-state index in [1.807, 2.05) is 30.3 Å². The van der Waals surface area contributed by atoms with Crippen LogP contribution >= 0.6 is 24.0 Å². The van der Waals surface area contributed by atoms with Crippen LogP contribution in [0.5, 0.6) is 0 Å². The Bertz CT molecular complexity index is 846. The van der Waals surface area contributed by atoms with Gasteiger partial charge in [-0.2, -0.15) is 0 Å². The summed E-state index contributed by atoms with van der Waals surface area (Å²) in [5.41, 5.74) is 4.08. The minimum atomic E-state index is 0. The van der Waals surface area contributed by atoms with Crippen LogP contribution in [0.1, 0.15) is 17.0 Å². The summed E-state index contributed by atoms with van der Waals surface area (Å²) in [5, 5.41) is 6.51. The Labute approximate surface area is 176 Å². The summed E-state index contributed by atoms with van der Waals surface area (Å²) in [7, 11) is 1.75. The van der Waals surface area contributed by atoms with Crippen molar-refractivity contribution >= 4 is 29.9 Å². The Morgan fingerprint density at radius 1 is 1.07 bits per heavy atom. The zero-order valence-corrected chi connectivity index (χ0v) is 17.8. The van der Waals surface area contributed by atoms with Gasteiger partial charge in [-0.25, -0.2) is 4.98 Å². The molecule has 0 fully saturated rings. The highest BCUT2D eigenvalue weighted by atomic mass is 127. The Balaban J connectivity index is 0.00000261. The molecular weight excluding hydrogens is 453 g/mol. The summed E-state index contributed by atoms with van der Waals surface area (Å²) in [5.74, 6) is 1.38. The number of oxazole rings is 1. The van der Waals surface area contributed by atoms with Crippen LogP contribution in [0, 0.1) is 6.92 Å². The Hall–Kier alpha value is -2.42. The van der Waals surface area contributed by atoms with Gasteiger partial charge in [0, 0.05) is 31.8 Å². The van der Waals surface area contributed by atoms with E-state index in [0.29, 0.717) is 19.0 Å². The lowest BCUT2D eigenvalue weighted by atomic mass is 10.1. The van der Waals surface area contributed by atoms with Crippen molar-refractivity contribution in [2.45, 2.75) is 19.9 Å². The molecule has 6 nitrogen and oxygen atoms in total. The first-order chi connectivity index (χ1) is 12.7. The van der Waals surface area contributed by atoms with E-state index in [1.165, 1.54) is 5.56 Å². The van der Waals surface area contributed by atoms with Crippen LogP contribution in [-0.4, -0.2) is 29.5 Å². The quantitative estimate of drug-likeness (QED) is 0.323. The third-order valence-electron chi connectivity index (χ3n) is 3.91. The van der Waals surface area contributed by atoms with Gasteiger partial charge in [-0.1, -0.05) is 23.8 Å². The van der Waals surface area contributed by atoms with Crippen LogP contribution in [0.25, 0.3) is 11.5 Å². The van der Waals surface area contributed by atoms with Gasteiger partial charge >= 0.3 is 0 Å². The third-order valence-corrected chi connectivity index (χ3v) is 3.91. The molecule has 0 aliphatic heterocycles. The van der Waals surface area contributed by atoms with Crippen molar-refractivity contribution < 1.29 is 4.42 Å². The van der Waals surface area contributed by atoms with Crippen molar-refractivity contribution in [1.82, 2.24) is 20.6 Å². The maximum absolute atomic E-state index is 5.59. The van der Waals surface area contributed by atoms with Gasteiger partial charge in [0.2, 0.25) is 5.89 Å². The molecule has 0 amide bonds. The molecule has 0 saturated carbocycles. The predicted molar refractivity (Wildman–Crippen MR) is 118 cm³/mol. The average molecular weight is 477 g/mol. The summed E-state index contributed by atoms with van der Waals surface area (Å²) in [6.45, 7) is 3.40. The lowest BCUT2D eigenvalue weighted by Crippen LogP contribution is -2.38. The van der Waals surface area contributed by atoms with Crippen LogP contribution in [0.15, 0.2) is 64.3 Å². The van der Waals surface area contributed by atoms with Gasteiger partial charge < -0.3 is 15.1 Å². The van der Waals surface area contributed by atoms with Crippen molar-refractivity contribution in [2.75, 3.05) is 13.6 Å². The highest BCUT2D eigenvalue weighted by Gasteiger charge is 2.07. The van der Waals surface area contributed by atoms with Crippen molar-refractivity contribution in [2.24, 2.45) is 4.99 Å². The van der Waals surface area contributed by atoms with E-state index < -0.39 is 0 Å². The number of nitrogens with zero attached hydrogens (tertiary/aromatic N) is 3. The second kappa shape index (κ2) is 10.7. The largest absolute Gasteiger partial charge is 0.444 e. The first kappa shape index (κ1) is 20.9. The van der Waals surface area contributed by atoms with Gasteiger partial charge in [0.05, 0.1) is 17.9 Å². The minimum absolute atomic E-state index is 0. The van der Waals surface area contributed by atoms with E-state index in [0.717, 1.165) is 29.3 Å². The second-order valence-electron chi connectivity index (χ2n) is 5.93. The van der Waals surface area contributed by atoms with E-state index in [9.17, 15) is 0 Å². The maximum Gasteiger partial charge on any atom is 0.226 e. The molecule has 142 valence electrons. The van der Waals surface area contributed by atoms with Gasteiger partial charge in [-0.15, -0.1) is 24.0 Å². The van der Waals surface area contributed by atoms with Gasteiger partial charge in [-0.05, 0) is 31.2 Å². The number of benzene rings is 1. The standard InChI is InChI=1S/C20H23N5O.HI/c1-15-6-8-16(9-7-15)19-25-18(14-26-19)10-12-23-20(21-2)24-13-17-5-3-4-11-22-17;/h3-9,11,14H,10,12-13H2,1-2H3,(H2,21,23,24);1H. The summed E-state index contributed by atoms with van der Waals surface area (Å²) < 4.78 is 5.59. The lowest BCUT2D eigenvalue weighted by Gasteiger charge is -2.10. The number of pyridine rings is 1. The molecule has 0 aliphatic rings. The molecule has 0 aliphatic carbocycles. The smallest absolute Gasteiger partial charge is 0.226 e. The van der Waals surface area contributed by atoms with Gasteiger partial charge in [0.15, 0.2) is 5.96 Å². The molecule has 7 heteroatoms. The molecule has 0 atom stereocenters. The number of nitrogens with one attached hydrogen (secondary N) is 2. The molecule has 2 heterocycles. The van der Waals surface area contributed by atoms with E-state index in [2.05, 4.69) is 44.7 Å². The fraction of sp³-hybridized carbons (Fsp3) is 0.250. The van der Waals surface area contributed by atoms with E-state index in [1.54, 1.807) is 19.5 Å². The number of guanidine groups is 1. The molecule has 3 aromatic rings. The topological polar surface area (TPSA) is 75.3 Å². The predicted octanol–water partition coefficient (Wildman–Crippen LogP) is 3.57. The zero-order chi connectivity index (χ0) is 18.2. The molecular formula is C20H24IN5O. The first-order valence-corrected chi connectivity index (χ1v) is 8.60. The molecule has 2 N–H and O–H groups in total. The van der Waals surface area contributed by atoms with E-state index in [4.69, 9.17) is 4.42 Å². The normalized spacial score (nSPS) is 11.0. The average Bonchev–Trinajstić information content (AvgIpc) is 3.15. The van der Waals surface area contributed by atoms with Crippen molar-refractivity contribution in [1.29, 1.82) is 0 Å². The van der Waals surface area contributed by atoms with Crippen molar-refractivity contribution in [3.05, 3.63) is 71.9 Å². The molecule has 0 radical (unpaired) electrons. The molecule has 0 bridgehead atoms. The molecule has 0 unspecified atom stereocenters. The van der Waals surface area contributed by atoms with Crippen molar-refractivity contribution in [3.63, 3.8) is 0 Å². The third kappa shape index (κ3) is 6.35. The number of hydrogen-bond acceptors (Lipinski definition) is 4. The summed E-state index contributed by atoms with van der Waals surface area (Å²) >= 11 is 0. The Kier molecular flexibility index (Phi) is 8.25. The van der Waals surface area contributed by atoms with E-state index in [-0.39, 0.29) is 24.0 Å². The van der Waals surface area contributed by atoms with Crippen LogP contribution < -0.4 is 10.6 Å². The van der Waals surface area contributed by atoms with Crippen LogP contribution in [0.3, 0.4) is 0 Å². The summed E-state index contributed by atoms with van der Waals surface area (Å²) in [6.07, 6.45) is 4.24. The van der Waals surface area contributed by atoms with E-state index >= 15 is 0 Å². The molecule has 2 aromatic heterocycles. The zero-order valence-electron chi connectivity index (χ0n) is 15.5. The molecule has 3 rings (SSSR count). The number of aliphatic imine (C=N–C) groups is 1. The Morgan fingerprint density at radius 3 is 2.59 bits per heavy atom. The van der Waals surface area contributed by atoms with Crippen molar-refractivity contribution in [3.8, 4) is 11.5 Å². The monoisotopic (exact) mass is 477 g/mol. The summed E-state index contributed by atoms with van der Waals surface area (Å²) in [6, 6.07) is 14.0. The number of halogens is 1. The second-order valence-corrected chi connectivity index (χ2v) is 5.93. The number of aryl methyl sites for hydroxylation is 1. The van der Waals surface area contributed by atoms with Gasteiger partial charge in [-0.3, -0.25) is 9.98 Å². The van der Waals surface area contributed by atoms with Crippen LogP contribution in [0.2, 0.25) is 0 Å². The molecule has 0 spiro atoms. The molecule has 1 aromatic carbocycles. The van der Waals surface area contributed by atoms with Crippen LogP contribution in [0.4, 0.5) is 0 Å². The van der Waals surface area contributed by atoms with Gasteiger partial charge in [0.1, 0.15) is 6.26 Å². The maximum atomic E-state index is 5.59. The van der Waals surface area contributed by atoms with Crippen LogP contribution in [-0.2, 0) is 13.0 Å². The highest BCUT2D eigenvalue weighted by molar-refractivity contribution is 14.0. The number of hydrogen-bond donors (Lipinski definition) is 2. The lowest BCUT2D eigenvalue weighted by molar-refractivity contribution is 0.572. The Morgan fingerprint density at radius 2 is 1.89 bits per heavy atom. The fourth-order valence-corrected chi connectivity index (χ4v) is 2.46. The molecule has 27 heavy (non-hydrogen) atoms. The fourth-order valence-electron chi connectivity index (χ4n) is 2.46. The molecule has 0 saturated heterocycles. The van der Waals surface area contributed by atoms with Gasteiger partial charge in [0.25, 0.3) is 0 Å². The number of aromatic nitrogens is 2. The minimum Gasteiger partial charge on any atom is -0.444 e. The SMILES string of the molecule is CN=C(NCCc1coc(-c2ccc(C)cc2)n1)NCc1ccccn1.I. The highest BCUT2D eigenvalue weighted by Crippen LogP contribution is 2.19. The first-order valence-electron chi connectivity index (χ1n) is 8.60. The number of rotatable bonds is 6. The summed E-state index contributed by atoms with van der Waals surface area (Å²) in [4.78, 5) is 13.0.